The van der Waals surface area contributed by atoms with Crippen molar-refractivity contribution in [1.29, 1.82) is 0 Å². The molecule has 1 aromatic rings. The van der Waals surface area contributed by atoms with E-state index in [0.717, 1.165) is 24.8 Å². The fourth-order valence-electron chi connectivity index (χ4n) is 7.98. The molecule has 0 radical (unpaired) electrons. The number of aliphatic hydroxyl groups is 2. The van der Waals surface area contributed by atoms with E-state index >= 15 is 0 Å². The molecule has 3 aliphatic rings. The molecule has 0 spiro atoms. The first-order valence-electron chi connectivity index (χ1n) is 22.7. The summed E-state index contributed by atoms with van der Waals surface area (Å²) in [4.78, 5) is 68.5. The van der Waals surface area contributed by atoms with Gasteiger partial charge in [-0.05, 0) is 139 Å². The summed E-state index contributed by atoms with van der Waals surface area (Å²) in [5.74, 6) is -0.713. The lowest BCUT2D eigenvalue weighted by Crippen LogP contribution is -2.54. The highest BCUT2D eigenvalue weighted by atomic mass is 16.6. The molecule has 1 heterocycles. The van der Waals surface area contributed by atoms with E-state index in [2.05, 4.69) is 35.1 Å². The van der Waals surface area contributed by atoms with Gasteiger partial charge in [0.1, 0.15) is 12.1 Å². The van der Waals surface area contributed by atoms with Crippen molar-refractivity contribution in [2.24, 2.45) is 17.8 Å². The normalized spacial score (nSPS) is 20.2. The average molecular weight is 864 g/mol. The van der Waals surface area contributed by atoms with Crippen molar-refractivity contribution in [3.05, 3.63) is 70.3 Å². The maximum atomic E-state index is 14.4. The molecule has 0 bridgehead atoms. The van der Waals surface area contributed by atoms with Crippen LogP contribution in [0.3, 0.4) is 0 Å². The highest BCUT2D eigenvalue weighted by molar-refractivity contribution is 6.10. The van der Waals surface area contributed by atoms with E-state index in [1.807, 2.05) is 56.3 Å². The highest BCUT2D eigenvalue weighted by Crippen LogP contribution is 2.30. The lowest BCUT2D eigenvalue weighted by Gasteiger charge is -2.29. The van der Waals surface area contributed by atoms with Crippen LogP contribution in [-0.2, 0) is 35.1 Å². The second-order valence-corrected chi connectivity index (χ2v) is 18.0. The Kier molecular flexibility index (Phi) is 20.3. The predicted molar refractivity (Wildman–Crippen MR) is 238 cm³/mol. The predicted octanol–water partition coefficient (Wildman–Crippen LogP) is 5.38. The number of Topliss-reactive ketones (excluding diaryl/α,β-unsaturated/α-hetero) is 1. The first kappa shape index (κ1) is 50.3. The van der Waals surface area contributed by atoms with Crippen LogP contribution in [0.25, 0.3) is 0 Å². The van der Waals surface area contributed by atoms with Gasteiger partial charge in [0.05, 0.1) is 25.2 Å². The van der Waals surface area contributed by atoms with E-state index in [9.17, 15) is 34.2 Å². The molecule has 6 N–H and O–H groups in total. The zero-order valence-corrected chi connectivity index (χ0v) is 38.0. The van der Waals surface area contributed by atoms with Gasteiger partial charge in [-0.1, -0.05) is 56.3 Å². The third kappa shape index (κ3) is 16.1. The monoisotopic (exact) mass is 864 g/mol. The molecule has 2 aliphatic carbocycles. The fraction of sp³-hybridized carbons (Fsp3) is 0.646. The molecule has 0 aromatic heterocycles. The molecule has 1 saturated carbocycles. The van der Waals surface area contributed by atoms with Crippen LogP contribution in [0.1, 0.15) is 118 Å². The zero-order chi connectivity index (χ0) is 45.3. The molecule has 14 nitrogen and oxygen atoms in total. The number of likely N-dealkylation sites (tertiary alicyclic amines) is 1. The minimum absolute atomic E-state index is 0.0805. The van der Waals surface area contributed by atoms with Crippen molar-refractivity contribution in [3.8, 4) is 0 Å². The van der Waals surface area contributed by atoms with Gasteiger partial charge in [0.2, 0.25) is 24.1 Å². The van der Waals surface area contributed by atoms with E-state index in [1.165, 1.54) is 0 Å². The molecular weight excluding hydrogens is 791 g/mol. The lowest BCUT2D eigenvalue weighted by molar-refractivity contribution is -0.141. The summed E-state index contributed by atoms with van der Waals surface area (Å²) in [6.45, 7) is 14.4. The van der Waals surface area contributed by atoms with Gasteiger partial charge >= 0.3 is 6.09 Å². The number of rotatable bonds is 25. The quantitative estimate of drug-likeness (QED) is 0.0422. The molecule has 1 aliphatic heterocycles. The smallest absolute Gasteiger partial charge is 0.407 e. The Hall–Kier alpha value is -4.37. The summed E-state index contributed by atoms with van der Waals surface area (Å²) in [7, 11) is 0. The maximum absolute atomic E-state index is 14.4. The van der Waals surface area contributed by atoms with Crippen LogP contribution in [0.5, 0.6) is 0 Å². The number of carbonyl (C=O) groups excluding carboxylic acids is 5. The molecule has 1 aromatic carbocycles. The van der Waals surface area contributed by atoms with Gasteiger partial charge in [0, 0.05) is 30.7 Å². The number of nitrogens with one attached hydrogen (secondary N) is 4. The van der Waals surface area contributed by atoms with Crippen molar-refractivity contribution >= 4 is 29.6 Å². The van der Waals surface area contributed by atoms with E-state index in [1.54, 1.807) is 25.7 Å². The Morgan fingerprint density at radius 2 is 1.66 bits per heavy atom. The number of benzene rings is 1. The number of aliphatic hydroxyl groups excluding tert-OH is 2. The van der Waals surface area contributed by atoms with Crippen molar-refractivity contribution in [2.45, 2.75) is 156 Å². The summed E-state index contributed by atoms with van der Waals surface area (Å²) < 4.78 is 11.0. The second kappa shape index (κ2) is 25.1. The van der Waals surface area contributed by atoms with Gasteiger partial charge in [0.25, 0.3) is 0 Å². The zero-order valence-electron chi connectivity index (χ0n) is 38.0. The number of hydrogen-bond acceptors (Lipinski definition) is 10. The highest BCUT2D eigenvalue weighted by Gasteiger charge is 2.38. The van der Waals surface area contributed by atoms with Crippen molar-refractivity contribution in [1.82, 2.24) is 26.2 Å². The number of ether oxygens (including phenoxy) is 2. The van der Waals surface area contributed by atoms with Crippen LogP contribution in [-0.4, -0.2) is 108 Å². The number of allylic oxidation sites excluding steroid dienone is 2. The molecule has 4 rings (SSSR count). The first-order valence-corrected chi connectivity index (χ1v) is 22.7. The molecule has 2 unspecified atom stereocenters. The average Bonchev–Trinajstić information content (AvgIpc) is 3.94. The van der Waals surface area contributed by atoms with Gasteiger partial charge in [-0.2, -0.15) is 0 Å². The van der Waals surface area contributed by atoms with Crippen LogP contribution in [0.4, 0.5) is 4.79 Å². The Labute approximate surface area is 368 Å². The molecule has 2 fully saturated rings. The number of ketones is 1. The van der Waals surface area contributed by atoms with E-state index in [-0.39, 0.29) is 42.2 Å². The largest absolute Gasteiger partial charge is 0.450 e. The van der Waals surface area contributed by atoms with Crippen LogP contribution < -0.4 is 21.3 Å². The summed E-state index contributed by atoms with van der Waals surface area (Å²) in [5.41, 5.74) is 3.39. The number of unbranched alkanes of at least 4 members (excludes halogenated alkanes) is 1. The Morgan fingerprint density at radius 3 is 2.34 bits per heavy atom. The van der Waals surface area contributed by atoms with Crippen molar-refractivity contribution in [2.75, 3.05) is 26.3 Å². The van der Waals surface area contributed by atoms with E-state index in [4.69, 9.17) is 9.47 Å². The molecule has 4 amide bonds. The van der Waals surface area contributed by atoms with Gasteiger partial charge in [0.15, 0.2) is 5.78 Å². The number of hydrogen-bond donors (Lipinski definition) is 6. The second-order valence-electron chi connectivity index (χ2n) is 18.0. The number of carbonyl (C=O) groups is 5. The molecule has 344 valence electrons. The van der Waals surface area contributed by atoms with Crippen molar-refractivity contribution in [3.63, 3.8) is 0 Å². The Bertz CT molecular complexity index is 1760. The fourth-order valence-corrected chi connectivity index (χ4v) is 7.98. The Morgan fingerprint density at radius 1 is 0.935 bits per heavy atom. The van der Waals surface area contributed by atoms with E-state index in [0.29, 0.717) is 105 Å². The SMILES string of the molecule is CC1=C(C)C(O)C(C)=C(CCCOC(=O)NCCCC[C@H](NC(=O)[C@@H]2CCCN2C(=O)[C@H](/C=C/[C@H](CC(C)C)NC(O)OCC2CC2)Cc2ccccc2)C(=O)NC(C)C)C1=O. The number of amides is 4. The summed E-state index contributed by atoms with van der Waals surface area (Å²) in [6.07, 6.45) is 8.02. The van der Waals surface area contributed by atoms with Gasteiger partial charge in [-0.25, -0.2) is 4.79 Å². The summed E-state index contributed by atoms with van der Waals surface area (Å²) in [6, 6.07) is 7.77. The minimum Gasteiger partial charge on any atom is -0.450 e. The molecule has 1 saturated heterocycles. The molecule has 62 heavy (non-hydrogen) atoms. The van der Waals surface area contributed by atoms with Crippen LogP contribution >= 0.6 is 0 Å². The third-order valence-electron chi connectivity index (χ3n) is 11.9. The Balaban J connectivity index is 1.32. The van der Waals surface area contributed by atoms with Crippen molar-refractivity contribution < 1.29 is 43.7 Å². The number of alkyl carbamates (subject to hydrolysis) is 1. The standard InChI is InChI=1S/C48H73N5O9/c1-30(2)27-38(51-48(60)62-29-36-20-21-36)23-22-37(28-35-15-9-8-10-16-35)46(58)53-25-13-19-41(53)45(57)52-40(44(56)50-31(3)4)18-11-12-24-49-47(59)61-26-14-17-39-34(7)42(54)32(5)33(6)43(39)55/h8-10,15-16,22-23,30-31,36-38,40-42,48,51,54,60H,11-14,17-21,24-29H2,1-7H3,(H,49,59)(H,50,56)(H,52,57)/b23-22+/t37-,38-,40+,41+,42?,48?/m1/s1. The summed E-state index contributed by atoms with van der Waals surface area (Å²) in [5, 5.41) is 32.8. The van der Waals surface area contributed by atoms with Crippen LogP contribution in [0.15, 0.2) is 64.8 Å². The third-order valence-corrected chi connectivity index (χ3v) is 11.9. The van der Waals surface area contributed by atoms with Gasteiger partial charge in [-0.3, -0.25) is 24.5 Å². The van der Waals surface area contributed by atoms with Crippen LogP contribution in [0, 0.1) is 17.8 Å². The van der Waals surface area contributed by atoms with Gasteiger partial charge < -0.3 is 40.5 Å². The molecule has 6 atom stereocenters. The minimum atomic E-state index is -1.12. The lowest BCUT2D eigenvalue weighted by atomic mass is 9.83. The van der Waals surface area contributed by atoms with Crippen LogP contribution in [0.2, 0.25) is 0 Å². The molecule has 14 heteroatoms. The summed E-state index contributed by atoms with van der Waals surface area (Å²) >= 11 is 0. The maximum Gasteiger partial charge on any atom is 0.407 e. The number of nitrogens with zero attached hydrogens (tertiary/aromatic N) is 1. The topological polar surface area (TPSA) is 196 Å². The van der Waals surface area contributed by atoms with E-state index < -0.39 is 36.6 Å². The first-order chi connectivity index (χ1) is 29.5. The van der Waals surface area contributed by atoms with Gasteiger partial charge in [-0.15, -0.1) is 0 Å². The molecular formula is C48H73N5O9.